The van der Waals surface area contributed by atoms with Crippen LogP contribution in [-0.4, -0.2) is 22.0 Å². The van der Waals surface area contributed by atoms with Crippen LogP contribution in [0.2, 0.25) is 5.02 Å². The molecule has 36 heavy (non-hydrogen) atoms. The number of carbonyl (C=O) groups is 2. The zero-order valence-electron chi connectivity index (χ0n) is 18.7. The minimum Gasteiger partial charge on any atom is -0.489 e. The molecule has 0 aliphatic carbocycles. The number of halogens is 1. The van der Waals surface area contributed by atoms with Crippen molar-refractivity contribution < 1.29 is 14.3 Å². The number of nitrogens with zero attached hydrogens (tertiary/aromatic N) is 1. The molecule has 4 aromatic rings. The zero-order valence-corrected chi connectivity index (χ0v) is 21.1. The van der Waals surface area contributed by atoms with E-state index in [-0.39, 0.29) is 16.7 Å². The Bertz CT molecular complexity index is 1520. The molecule has 0 saturated carbocycles. The van der Waals surface area contributed by atoms with Gasteiger partial charge in [-0.1, -0.05) is 83.2 Å². The van der Waals surface area contributed by atoms with Crippen LogP contribution < -0.4 is 14.5 Å². The molecular formula is C27H19ClN2O4S2. The Morgan fingerprint density at radius 3 is 2.39 bits per heavy atom. The van der Waals surface area contributed by atoms with Gasteiger partial charge >= 0.3 is 4.87 Å². The van der Waals surface area contributed by atoms with Crippen LogP contribution in [0.1, 0.15) is 21.9 Å². The van der Waals surface area contributed by atoms with Gasteiger partial charge < -0.3 is 9.72 Å². The molecule has 1 N–H and O–H groups in total. The quantitative estimate of drug-likeness (QED) is 0.344. The summed E-state index contributed by atoms with van der Waals surface area (Å²) in [4.78, 5) is 44.4. The number of fused-ring (bicyclic) bond motifs is 2. The SMILES string of the molecule is O=C1[C@H]2[C@H](c3cc(Cl)ccc3OCc3ccccc3)c3sc(=O)[nH]c3S[C@H]2C(=O)N1c1ccccc1. The van der Waals surface area contributed by atoms with Gasteiger partial charge in [-0.25, -0.2) is 4.90 Å². The van der Waals surface area contributed by atoms with Crippen LogP contribution in [-0.2, 0) is 16.2 Å². The van der Waals surface area contributed by atoms with Gasteiger partial charge in [-0.2, -0.15) is 0 Å². The van der Waals surface area contributed by atoms with E-state index in [1.165, 1.54) is 16.7 Å². The number of anilines is 1. The van der Waals surface area contributed by atoms with Gasteiger partial charge in [0.2, 0.25) is 11.8 Å². The van der Waals surface area contributed by atoms with Gasteiger partial charge in [0.25, 0.3) is 0 Å². The molecule has 180 valence electrons. The number of thiazole rings is 1. The highest BCUT2D eigenvalue weighted by atomic mass is 35.5. The molecule has 9 heteroatoms. The Kier molecular flexibility index (Phi) is 5.95. The highest BCUT2D eigenvalue weighted by molar-refractivity contribution is 8.00. The van der Waals surface area contributed by atoms with E-state index in [2.05, 4.69) is 4.98 Å². The third kappa shape index (κ3) is 3.95. The second-order valence-corrected chi connectivity index (χ2v) is 11.2. The van der Waals surface area contributed by atoms with Crippen molar-refractivity contribution in [1.29, 1.82) is 0 Å². The average molecular weight is 535 g/mol. The van der Waals surface area contributed by atoms with Gasteiger partial charge in [-0.15, -0.1) is 0 Å². The molecular weight excluding hydrogens is 516 g/mol. The summed E-state index contributed by atoms with van der Waals surface area (Å²) in [6.07, 6.45) is 0. The lowest BCUT2D eigenvalue weighted by Crippen LogP contribution is -2.32. The second-order valence-electron chi connectivity index (χ2n) is 8.55. The first-order valence-corrected chi connectivity index (χ1v) is 13.4. The molecule has 0 unspecified atom stereocenters. The number of aromatic amines is 1. The van der Waals surface area contributed by atoms with Crippen LogP contribution in [0, 0.1) is 5.92 Å². The van der Waals surface area contributed by atoms with Crippen molar-refractivity contribution in [2.24, 2.45) is 5.92 Å². The fraction of sp³-hybridized carbons (Fsp3) is 0.148. The van der Waals surface area contributed by atoms with E-state index < -0.39 is 17.1 Å². The third-order valence-electron chi connectivity index (χ3n) is 6.38. The maximum atomic E-state index is 13.9. The summed E-state index contributed by atoms with van der Waals surface area (Å²) in [5, 5.41) is 0.413. The zero-order chi connectivity index (χ0) is 24.8. The molecule has 0 spiro atoms. The fourth-order valence-electron chi connectivity index (χ4n) is 4.81. The number of aromatic nitrogens is 1. The lowest BCUT2D eigenvalue weighted by Gasteiger charge is -2.31. The Morgan fingerprint density at radius 1 is 0.917 bits per heavy atom. The maximum absolute atomic E-state index is 13.9. The summed E-state index contributed by atoms with van der Waals surface area (Å²) in [5.74, 6) is -1.31. The van der Waals surface area contributed by atoms with Crippen molar-refractivity contribution in [1.82, 2.24) is 4.98 Å². The summed E-state index contributed by atoms with van der Waals surface area (Å²) in [6, 6.07) is 24.0. The predicted octanol–water partition coefficient (Wildman–Crippen LogP) is 5.46. The molecule has 2 aliphatic rings. The molecule has 3 aromatic carbocycles. The number of hydrogen-bond acceptors (Lipinski definition) is 6. The van der Waals surface area contributed by atoms with Crippen molar-refractivity contribution in [2.75, 3.05) is 4.90 Å². The highest BCUT2D eigenvalue weighted by Crippen LogP contribution is 2.54. The molecule has 2 amide bonds. The molecule has 0 bridgehead atoms. The first-order valence-electron chi connectivity index (χ1n) is 11.3. The normalized spacial score (nSPS) is 20.8. The minimum atomic E-state index is -0.709. The number of rotatable bonds is 5. The Hall–Kier alpha value is -3.33. The van der Waals surface area contributed by atoms with Gasteiger partial charge in [0.05, 0.1) is 16.6 Å². The Labute approximate surface area is 219 Å². The van der Waals surface area contributed by atoms with Crippen LogP contribution in [0.3, 0.4) is 0 Å². The summed E-state index contributed by atoms with van der Waals surface area (Å²) in [7, 11) is 0. The Morgan fingerprint density at radius 2 is 1.64 bits per heavy atom. The van der Waals surface area contributed by atoms with E-state index in [1.807, 2.05) is 36.4 Å². The number of carbonyl (C=O) groups excluding carboxylic acids is 2. The van der Waals surface area contributed by atoms with Gasteiger partial charge in [0.15, 0.2) is 0 Å². The largest absolute Gasteiger partial charge is 0.489 e. The van der Waals surface area contributed by atoms with Gasteiger partial charge in [-0.3, -0.25) is 14.4 Å². The van der Waals surface area contributed by atoms with E-state index in [0.717, 1.165) is 16.9 Å². The van der Waals surface area contributed by atoms with E-state index in [1.54, 1.807) is 42.5 Å². The van der Waals surface area contributed by atoms with Crippen molar-refractivity contribution in [3.8, 4) is 5.75 Å². The second kappa shape index (κ2) is 9.28. The Balaban J connectivity index is 1.46. The summed E-state index contributed by atoms with van der Waals surface area (Å²) in [5.41, 5.74) is 2.20. The summed E-state index contributed by atoms with van der Waals surface area (Å²) in [6.45, 7) is 0.324. The molecule has 0 radical (unpaired) electrons. The van der Waals surface area contributed by atoms with Crippen molar-refractivity contribution >= 4 is 52.2 Å². The van der Waals surface area contributed by atoms with Gasteiger partial charge in [0, 0.05) is 21.4 Å². The van der Waals surface area contributed by atoms with Crippen molar-refractivity contribution in [3.63, 3.8) is 0 Å². The number of ether oxygens (including phenoxy) is 1. The number of hydrogen-bond donors (Lipinski definition) is 1. The number of thioether (sulfide) groups is 1. The molecule has 3 atom stereocenters. The third-order valence-corrected chi connectivity index (χ3v) is 9.02. The highest BCUT2D eigenvalue weighted by Gasteiger charge is 2.56. The minimum absolute atomic E-state index is 0.230. The number of amides is 2. The smallest absolute Gasteiger partial charge is 0.305 e. The molecule has 2 aliphatic heterocycles. The van der Waals surface area contributed by atoms with E-state index in [4.69, 9.17) is 16.3 Å². The van der Waals surface area contributed by atoms with Crippen LogP contribution in [0.25, 0.3) is 0 Å². The summed E-state index contributed by atoms with van der Waals surface area (Å²) >= 11 is 8.73. The average Bonchev–Trinajstić information content (AvgIpc) is 3.38. The monoisotopic (exact) mass is 534 g/mol. The number of H-pyrrole nitrogens is 1. The first-order chi connectivity index (χ1) is 17.5. The molecule has 6 nitrogen and oxygen atoms in total. The number of imide groups is 1. The number of benzene rings is 3. The predicted molar refractivity (Wildman–Crippen MR) is 141 cm³/mol. The van der Waals surface area contributed by atoms with Crippen LogP contribution >= 0.6 is 34.7 Å². The van der Waals surface area contributed by atoms with Crippen molar-refractivity contribution in [2.45, 2.75) is 22.8 Å². The van der Waals surface area contributed by atoms with Crippen LogP contribution in [0.4, 0.5) is 5.69 Å². The molecule has 3 heterocycles. The van der Waals surface area contributed by atoms with E-state index in [9.17, 15) is 14.4 Å². The van der Waals surface area contributed by atoms with Gasteiger partial charge in [-0.05, 0) is 35.9 Å². The van der Waals surface area contributed by atoms with Crippen LogP contribution in [0.5, 0.6) is 5.75 Å². The first kappa shape index (κ1) is 23.1. The molecule has 1 aromatic heterocycles. The van der Waals surface area contributed by atoms with Crippen molar-refractivity contribution in [3.05, 3.63) is 110 Å². The summed E-state index contributed by atoms with van der Waals surface area (Å²) < 4.78 is 6.22. The van der Waals surface area contributed by atoms with Crippen LogP contribution in [0.15, 0.2) is 88.7 Å². The standard InChI is InChI=1S/C27H19ClN2O4S2/c28-16-11-12-19(34-14-15-7-3-1-4-8-15)18(13-16)20-21-23(35-24-22(20)36-27(33)29-24)26(32)30(25(21)31)17-9-5-2-6-10-17/h1-13,20-21,23H,14H2,(H,29,33)/t20-,21-,23+/m0/s1. The molecule has 1 saturated heterocycles. The number of nitrogens with one attached hydrogen (secondary N) is 1. The fourth-order valence-corrected chi connectivity index (χ4v) is 7.50. The molecule has 1 fully saturated rings. The maximum Gasteiger partial charge on any atom is 0.305 e. The lowest BCUT2D eigenvalue weighted by atomic mass is 9.82. The molecule has 6 rings (SSSR count). The van der Waals surface area contributed by atoms with E-state index in [0.29, 0.717) is 38.5 Å². The van der Waals surface area contributed by atoms with Gasteiger partial charge in [0.1, 0.15) is 17.6 Å². The topological polar surface area (TPSA) is 79.5 Å². The lowest BCUT2D eigenvalue weighted by molar-refractivity contribution is -0.122. The van der Waals surface area contributed by atoms with E-state index >= 15 is 0 Å². The number of para-hydroxylation sites is 1.